The number of aromatic amines is 2. The maximum atomic E-state index is 14.0. The van der Waals surface area contributed by atoms with Gasteiger partial charge >= 0.3 is 0 Å². The maximum absolute atomic E-state index is 14.0. The minimum absolute atomic E-state index is 0.213. The van der Waals surface area contributed by atoms with E-state index in [9.17, 15) is 4.39 Å². The van der Waals surface area contributed by atoms with Gasteiger partial charge in [-0.05, 0) is 91.2 Å². The van der Waals surface area contributed by atoms with E-state index in [2.05, 4.69) is 55.5 Å². The van der Waals surface area contributed by atoms with Gasteiger partial charge in [-0.1, -0.05) is 18.2 Å². The fraction of sp³-hybridized carbons (Fsp3) is 0.156. The molecule has 3 aromatic heterocycles. The minimum atomic E-state index is -0.266. The quantitative estimate of drug-likeness (QED) is 0.233. The highest BCUT2D eigenvalue weighted by Gasteiger charge is 2.19. The fourth-order valence-corrected chi connectivity index (χ4v) is 5.34. The van der Waals surface area contributed by atoms with Crippen molar-refractivity contribution in [2.24, 2.45) is 0 Å². The molecule has 0 spiro atoms. The molecule has 1 aliphatic carbocycles. The molecule has 0 amide bonds. The maximum Gasteiger partial charge on any atom is 0.138 e. The van der Waals surface area contributed by atoms with Crippen molar-refractivity contribution in [3.8, 4) is 28.3 Å². The number of aromatic nitrogens is 4. The van der Waals surface area contributed by atoms with E-state index < -0.39 is 0 Å². The number of nitrogens with zero attached hydrogens (tertiary/aromatic N) is 2. The fourth-order valence-electron chi connectivity index (χ4n) is 5.34. The standard InChI is InChI=1S/C32H26FN5O/c33-23-5-3-4-21(14-23)26-6-1-2-7-29-27(26)17-31(36-29)32-28-16-20(8-9-30(28)37-38-32)22-15-25(19-35-18-22)39-24-10-12-34-13-11-24/h1,3-9,14-19,24,34,36H,10-13H2,(H,37,38). The topological polar surface area (TPSA) is 78.6 Å². The van der Waals surface area contributed by atoms with E-state index in [1.807, 2.05) is 36.6 Å². The molecule has 4 heterocycles. The largest absolute Gasteiger partial charge is 0.489 e. The number of pyridine rings is 1. The van der Waals surface area contributed by atoms with Gasteiger partial charge in [0.25, 0.3) is 0 Å². The molecule has 5 aromatic rings. The molecule has 3 N–H and O–H groups in total. The number of hydrogen-bond donors (Lipinski definition) is 3. The number of hydrogen-bond acceptors (Lipinski definition) is 4. The molecule has 2 aromatic carbocycles. The molecule has 0 radical (unpaired) electrons. The first-order valence-electron chi connectivity index (χ1n) is 13.1. The van der Waals surface area contributed by atoms with Crippen LogP contribution in [0.5, 0.6) is 5.75 Å². The van der Waals surface area contributed by atoms with Gasteiger partial charge in [-0.15, -0.1) is 5.73 Å². The summed E-state index contributed by atoms with van der Waals surface area (Å²) in [5, 5.41) is 12.2. The van der Waals surface area contributed by atoms with Crippen LogP contribution < -0.4 is 10.1 Å². The molecule has 39 heavy (non-hydrogen) atoms. The van der Waals surface area contributed by atoms with Crippen LogP contribution in [-0.4, -0.2) is 39.4 Å². The Balaban J connectivity index is 1.25. The minimum Gasteiger partial charge on any atom is -0.489 e. The molecule has 7 rings (SSSR count). The monoisotopic (exact) mass is 515 g/mol. The zero-order valence-corrected chi connectivity index (χ0v) is 21.2. The highest BCUT2D eigenvalue weighted by atomic mass is 19.1. The second-order valence-corrected chi connectivity index (χ2v) is 9.89. The number of piperidine rings is 1. The summed E-state index contributed by atoms with van der Waals surface area (Å²) in [5.74, 6) is 0.522. The number of rotatable bonds is 5. The van der Waals surface area contributed by atoms with Gasteiger partial charge < -0.3 is 15.0 Å². The first kappa shape index (κ1) is 23.4. The first-order valence-corrected chi connectivity index (χ1v) is 13.1. The molecular weight excluding hydrogens is 489 g/mol. The summed E-state index contributed by atoms with van der Waals surface area (Å²) in [5.41, 5.74) is 11.4. The SMILES string of the molecule is Fc1cccc(C2=CC=C=Cc3[nH]c(-c4n[nH]c5ccc(-c6cncc(OC7CCNCC7)c6)cc45)cc32)c1. The van der Waals surface area contributed by atoms with E-state index in [4.69, 9.17) is 4.74 Å². The number of H-pyrrole nitrogens is 2. The Morgan fingerprint density at radius 3 is 2.77 bits per heavy atom. The molecule has 2 aliphatic rings. The second-order valence-electron chi connectivity index (χ2n) is 9.89. The van der Waals surface area contributed by atoms with Gasteiger partial charge in [0.05, 0.1) is 23.1 Å². The molecule has 0 bridgehead atoms. The number of benzene rings is 2. The summed E-state index contributed by atoms with van der Waals surface area (Å²) in [7, 11) is 0. The molecule has 1 aliphatic heterocycles. The molecule has 0 unspecified atom stereocenters. The van der Waals surface area contributed by atoms with E-state index in [0.717, 1.165) is 87.5 Å². The summed E-state index contributed by atoms with van der Waals surface area (Å²) in [6.45, 7) is 1.96. The summed E-state index contributed by atoms with van der Waals surface area (Å²) in [6, 6.07) is 17.0. The number of allylic oxidation sites excluding steroid dienone is 2. The third kappa shape index (κ3) is 4.59. The Hall–Kier alpha value is -4.71. The van der Waals surface area contributed by atoms with Crippen LogP contribution in [0, 0.1) is 5.82 Å². The van der Waals surface area contributed by atoms with Gasteiger partial charge in [0.1, 0.15) is 23.4 Å². The molecule has 0 atom stereocenters. The third-order valence-electron chi connectivity index (χ3n) is 7.30. The van der Waals surface area contributed by atoms with Crippen LogP contribution in [0.25, 0.3) is 45.1 Å². The normalized spacial score (nSPS) is 15.3. The summed E-state index contributed by atoms with van der Waals surface area (Å²) >= 11 is 0. The number of fused-ring (bicyclic) bond motifs is 2. The van der Waals surface area contributed by atoms with Gasteiger partial charge in [0.2, 0.25) is 0 Å². The number of ether oxygens (including phenoxy) is 1. The van der Waals surface area contributed by atoms with E-state index in [-0.39, 0.29) is 11.9 Å². The molecule has 6 nitrogen and oxygen atoms in total. The Morgan fingerprint density at radius 2 is 1.87 bits per heavy atom. The van der Waals surface area contributed by atoms with Crippen LogP contribution in [0.1, 0.15) is 29.7 Å². The van der Waals surface area contributed by atoms with Gasteiger partial charge in [0, 0.05) is 28.8 Å². The summed E-state index contributed by atoms with van der Waals surface area (Å²) < 4.78 is 20.3. The first-order chi connectivity index (χ1) is 19.2. The Kier molecular flexibility index (Phi) is 5.93. The highest BCUT2D eigenvalue weighted by molar-refractivity contribution is 5.97. The molecule has 192 valence electrons. The van der Waals surface area contributed by atoms with Crippen LogP contribution >= 0.6 is 0 Å². The van der Waals surface area contributed by atoms with E-state index in [0.29, 0.717) is 0 Å². The van der Waals surface area contributed by atoms with Crippen molar-refractivity contribution in [3.63, 3.8) is 0 Å². The van der Waals surface area contributed by atoms with E-state index >= 15 is 0 Å². The molecule has 0 saturated carbocycles. The van der Waals surface area contributed by atoms with Gasteiger partial charge in [-0.25, -0.2) is 4.39 Å². The number of halogens is 1. The van der Waals surface area contributed by atoms with Crippen LogP contribution in [-0.2, 0) is 0 Å². The zero-order valence-electron chi connectivity index (χ0n) is 21.2. The predicted octanol–water partition coefficient (Wildman–Crippen LogP) is 6.50. The van der Waals surface area contributed by atoms with Crippen molar-refractivity contribution in [1.29, 1.82) is 0 Å². The molecule has 7 heteroatoms. The van der Waals surface area contributed by atoms with Crippen molar-refractivity contribution in [2.45, 2.75) is 18.9 Å². The van der Waals surface area contributed by atoms with E-state index in [1.54, 1.807) is 18.3 Å². The Labute approximate surface area is 225 Å². The van der Waals surface area contributed by atoms with Crippen molar-refractivity contribution in [1.82, 2.24) is 25.5 Å². The van der Waals surface area contributed by atoms with E-state index in [1.165, 1.54) is 6.07 Å². The summed E-state index contributed by atoms with van der Waals surface area (Å²) in [4.78, 5) is 7.96. The average molecular weight is 516 g/mol. The molecular formula is C32H26FN5O. The average Bonchev–Trinajstić information content (AvgIpc) is 3.52. The van der Waals surface area contributed by atoms with Crippen LogP contribution in [0.2, 0.25) is 0 Å². The lowest BCUT2D eigenvalue weighted by atomic mass is 9.97. The van der Waals surface area contributed by atoms with Gasteiger partial charge in [-0.2, -0.15) is 5.10 Å². The molecule has 1 fully saturated rings. The Bertz CT molecular complexity index is 1780. The lowest BCUT2D eigenvalue weighted by Crippen LogP contribution is -2.34. The van der Waals surface area contributed by atoms with Gasteiger partial charge in [0.15, 0.2) is 0 Å². The highest BCUT2D eigenvalue weighted by Crippen LogP contribution is 2.36. The third-order valence-corrected chi connectivity index (χ3v) is 7.30. The summed E-state index contributed by atoms with van der Waals surface area (Å²) in [6.07, 6.45) is 11.6. The zero-order chi connectivity index (χ0) is 26.2. The van der Waals surface area contributed by atoms with Crippen LogP contribution in [0.15, 0.2) is 84.9 Å². The van der Waals surface area contributed by atoms with Crippen molar-refractivity contribution in [3.05, 3.63) is 108 Å². The lowest BCUT2D eigenvalue weighted by molar-refractivity contribution is 0.162. The van der Waals surface area contributed by atoms with Crippen LogP contribution in [0.3, 0.4) is 0 Å². The van der Waals surface area contributed by atoms with Crippen molar-refractivity contribution < 1.29 is 9.13 Å². The molecule has 1 saturated heterocycles. The predicted molar refractivity (Wildman–Crippen MR) is 152 cm³/mol. The Morgan fingerprint density at radius 1 is 0.949 bits per heavy atom. The van der Waals surface area contributed by atoms with Crippen LogP contribution in [0.4, 0.5) is 4.39 Å². The number of nitrogens with one attached hydrogen (secondary N) is 3. The second kappa shape index (κ2) is 9.87. The van der Waals surface area contributed by atoms with Crippen molar-refractivity contribution in [2.75, 3.05) is 13.1 Å². The van der Waals surface area contributed by atoms with Crippen molar-refractivity contribution >= 4 is 22.6 Å². The lowest BCUT2D eigenvalue weighted by Gasteiger charge is -2.23. The van der Waals surface area contributed by atoms with Gasteiger partial charge in [-0.3, -0.25) is 10.1 Å². The smallest absolute Gasteiger partial charge is 0.138 e.